The molecule has 1 aliphatic heterocycles. The minimum Gasteiger partial charge on any atom is -0.378 e. The van der Waals surface area contributed by atoms with Gasteiger partial charge in [-0.1, -0.05) is 13.8 Å². The van der Waals surface area contributed by atoms with Crippen LogP contribution in [0.15, 0.2) is 0 Å². The van der Waals surface area contributed by atoms with Gasteiger partial charge in [-0.05, 0) is 20.4 Å². The van der Waals surface area contributed by atoms with Crippen molar-refractivity contribution in [3.63, 3.8) is 0 Å². The van der Waals surface area contributed by atoms with Crippen LogP contribution >= 0.6 is 0 Å². The number of ether oxygens (including phenoxy) is 1. The summed E-state index contributed by atoms with van der Waals surface area (Å²) in [6.45, 7) is 11.1. The summed E-state index contributed by atoms with van der Waals surface area (Å²) in [4.78, 5) is 16.5. The molecule has 1 saturated carbocycles. The summed E-state index contributed by atoms with van der Waals surface area (Å²) in [6.07, 6.45) is 1.65. The van der Waals surface area contributed by atoms with Crippen molar-refractivity contribution in [1.29, 1.82) is 0 Å². The topological polar surface area (TPSA) is 44.8 Å². The lowest BCUT2D eigenvalue weighted by Gasteiger charge is -2.61. The van der Waals surface area contributed by atoms with E-state index < -0.39 is 0 Å². The Kier molecular flexibility index (Phi) is 4.96. The molecule has 1 N–H and O–H groups in total. The predicted molar refractivity (Wildman–Crippen MR) is 84.3 cm³/mol. The Bertz CT molecular complexity index is 380. The van der Waals surface area contributed by atoms with Gasteiger partial charge in [0.15, 0.2) is 0 Å². The minimum atomic E-state index is -0.0471. The molecule has 2 atom stereocenters. The Labute approximate surface area is 129 Å². The predicted octanol–water partition coefficient (Wildman–Crippen LogP) is 0.944. The van der Waals surface area contributed by atoms with Crippen molar-refractivity contribution in [3.8, 4) is 0 Å². The van der Waals surface area contributed by atoms with Crippen LogP contribution < -0.4 is 5.32 Å². The van der Waals surface area contributed by atoms with Gasteiger partial charge in [0.25, 0.3) is 0 Å². The van der Waals surface area contributed by atoms with Crippen molar-refractivity contribution in [2.45, 2.75) is 45.3 Å². The van der Waals surface area contributed by atoms with Gasteiger partial charge in [-0.15, -0.1) is 0 Å². The second kappa shape index (κ2) is 6.23. The van der Waals surface area contributed by atoms with Crippen LogP contribution in [0.2, 0.25) is 0 Å². The van der Waals surface area contributed by atoms with E-state index in [0.29, 0.717) is 12.5 Å². The number of nitrogens with one attached hydrogen (secondary N) is 1. The van der Waals surface area contributed by atoms with E-state index in [4.69, 9.17) is 4.74 Å². The maximum atomic E-state index is 12.2. The molecule has 122 valence electrons. The fourth-order valence-electron chi connectivity index (χ4n) is 3.66. The summed E-state index contributed by atoms with van der Waals surface area (Å²) in [7, 11) is 3.93. The minimum absolute atomic E-state index is 0.0471. The van der Waals surface area contributed by atoms with E-state index in [1.807, 2.05) is 4.90 Å². The summed E-state index contributed by atoms with van der Waals surface area (Å²) >= 11 is 0. The summed E-state index contributed by atoms with van der Waals surface area (Å²) in [5, 5.41) is 3.28. The van der Waals surface area contributed by atoms with Gasteiger partial charge >= 0.3 is 0 Å². The molecule has 5 nitrogen and oxygen atoms in total. The third kappa shape index (κ3) is 3.10. The molecule has 1 heterocycles. The number of hydrogen-bond donors (Lipinski definition) is 1. The molecule has 0 aromatic rings. The van der Waals surface area contributed by atoms with Crippen molar-refractivity contribution in [3.05, 3.63) is 0 Å². The first-order valence-electron chi connectivity index (χ1n) is 8.06. The number of piperazine rings is 1. The normalized spacial score (nSPS) is 32.1. The summed E-state index contributed by atoms with van der Waals surface area (Å²) in [6, 6.07) is 0.485. The van der Waals surface area contributed by atoms with E-state index in [2.05, 4.69) is 38.0 Å². The van der Waals surface area contributed by atoms with E-state index in [1.54, 1.807) is 7.11 Å². The largest absolute Gasteiger partial charge is 0.378 e. The van der Waals surface area contributed by atoms with Gasteiger partial charge in [0.05, 0.1) is 5.60 Å². The van der Waals surface area contributed by atoms with E-state index >= 15 is 0 Å². The number of carbonyl (C=O) groups is 1. The molecule has 2 aliphatic rings. The lowest BCUT2D eigenvalue weighted by Crippen LogP contribution is -2.68. The highest BCUT2D eigenvalue weighted by atomic mass is 16.5. The zero-order chi connectivity index (χ0) is 15.7. The molecule has 0 radical (unpaired) electrons. The average molecular weight is 297 g/mol. The van der Waals surface area contributed by atoms with Crippen LogP contribution in [0.1, 0.15) is 33.6 Å². The smallest absolute Gasteiger partial charge is 0.223 e. The molecule has 5 heteroatoms. The Morgan fingerprint density at radius 1 is 1.33 bits per heavy atom. The molecule has 1 amide bonds. The molecule has 21 heavy (non-hydrogen) atoms. The molecule has 0 bridgehead atoms. The van der Waals surface area contributed by atoms with Crippen molar-refractivity contribution in [2.75, 3.05) is 46.9 Å². The van der Waals surface area contributed by atoms with Gasteiger partial charge in [0, 0.05) is 57.7 Å². The summed E-state index contributed by atoms with van der Waals surface area (Å²) in [5.74, 6) is 0.287. The number of hydrogen-bond acceptors (Lipinski definition) is 4. The average Bonchev–Trinajstić information content (AvgIpc) is 2.50. The zero-order valence-electron chi connectivity index (χ0n) is 14.2. The third-order valence-corrected chi connectivity index (χ3v) is 5.91. The van der Waals surface area contributed by atoms with Crippen LogP contribution in [0.3, 0.4) is 0 Å². The lowest BCUT2D eigenvalue weighted by atomic mass is 9.55. The van der Waals surface area contributed by atoms with Crippen LogP contribution in [0.25, 0.3) is 0 Å². The molecule has 1 saturated heterocycles. The van der Waals surface area contributed by atoms with Gasteiger partial charge < -0.3 is 19.9 Å². The number of rotatable bonds is 5. The fraction of sp³-hybridized carbons (Fsp3) is 0.938. The van der Waals surface area contributed by atoms with E-state index in [0.717, 1.165) is 39.1 Å². The van der Waals surface area contributed by atoms with Crippen molar-refractivity contribution in [1.82, 2.24) is 15.1 Å². The van der Waals surface area contributed by atoms with Crippen LogP contribution in [-0.4, -0.2) is 74.2 Å². The van der Waals surface area contributed by atoms with E-state index in [-0.39, 0.29) is 16.9 Å². The molecule has 2 fully saturated rings. The molecular formula is C16H31N3O2. The van der Waals surface area contributed by atoms with Gasteiger partial charge in [0.2, 0.25) is 5.91 Å². The maximum Gasteiger partial charge on any atom is 0.223 e. The van der Waals surface area contributed by atoms with Gasteiger partial charge in [0.1, 0.15) is 0 Å². The molecule has 0 spiro atoms. The van der Waals surface area contributed by atoms with Crippen LogP contribution in [0.4, 0.5) is 0 Å². The summed E-state index contributed by atoms with van der Waals surface area (Å²) in [5.41, 5.74) is 0.0725. The number of methoxy groups -OCH3 is 1. The van der Waals surface area contributed by atoms with Crippen molar-refractivity contribution >= 4 is 5.91 Å². The maximum absolute atomic E-state index is 12.2. The quantitative estimate of drug-likeness (QED) is 0.820. The Balaban J connectivity index is 1.80. The van der Waals surface area contributed by atoms with E-state index in [1.165, 1.54) is 0 Å². The zero-order valence-corrected chi connectivity index (χ0v) is 14.2. The van der Waals surface area contributed by atoms with E-state index in [9.17, 15) is 4.79 Å². The Hall–Kier alpha value is -0.650. The van der Waals surface area contributed by atoms with Crippen LogP contribution in [0, 0.1) is 5.41 Å². The molecule has 0 aromatic heterocycles. The standard InChI is InChI=1S/C16H31N3O2/c1-15(2)13(12-16(15,3)21-5)18(4)9-6-14(20)19-10-7-17-8-11-19/h13,17H,6-12H2,1-5H3. The first-order chi connectivity index (χ1) is 9.82. The van der Waals surface area contributed by atoms with Gasteiger partial charge in [-0.25, -0.2) is 0 Å². The highest BCUT2D eigenvalue weighted by Gasteiger charge is 2.58. The molecule has 2 rings (SSSR count). The molecule has 1 aliphatic carbocycles. The Morgan fingerprint density at radius 3 is 2.48 bits per heavy atom. The fourth-order valence-corrected chi connectivity index (χ4v) is 3.66. The lowest BCUT2D eigenvalue weighted by molar-refractivity contribution is -0.205. The highest BCUT2D eigenvalue weighted by molar-refractivity contribution is 5.76. The van der Waals surface area contributed by atoms with Crippen molar-refractivity contribution < 1.29 is 9.53 Å². The molecular weight excluding hydrogens is 266 g/mol. The SMILES string of the molecule is COC1(C)CC(N(C)CCC(=O)N2CCNCC2)C1(C)C. The second-order valence-corrected chi connectivity index (χ2v) is 7.24. The summed E-state index contributed by atoms with van der Waals surface area (Å²) < 4.78 is 5.68. The van der Waals surface area contributed by atoms with Gasteiger partial charge in [-0.2, -0.15) is 0 Å². The third-order valence-electron chi connectivity index (χ3n) is 5.91. The van der Waals surface area contributed by atoms with Crippen molar-refractivity contribution in [2.24, 2.45) is 5.41 Å². The van der Waals surface area contributed by atoms with Gasteiger partial charge in [-0.3, -0.25) is 4.79 Å². The Morgan fingerprint density at radius 2 is 1.95 bits per heavy atom. The number of amides is 1. The van der Waals surface area contributed by atoms with Crippen LogP contribution in [0.5, 0.6) is 0 Å². The van der Waals surface area contributed by atoms with Crippen LogP contribution in [-0.2, 0) is 9.53 Å². The number of carbonyl (C=O) groups excluding carboxylic acids is 1. The molecule has 2 unspecified atom stereocenters. The first-order valence-corrected chi connectivity index (χ1v) is 8.06. The molecule has 0 aromatic carbocycles. The highest BCUT2D eigenvalue weighted by Crippen LogP contribution is 2.53. The second-order valence-electron chi connectivity index (χ2n) is 7.24. The first kappa shape index (κ1) is 16.7. The monoisotopic (exact) mass is 297 g/mol. The number of nitrogens with zero attached hydrogens (tertiary/aromatic N) is 2.